The minimum atomic E-state index is -1.04. The van der Waals surface area contributed by atoms with Crippen molar-refractivity contribution in [2.75, 3.05) is 6.54 Å². The monoisotopic (exact) mass is 327 g/mol. The van der Waals surface area contributed by atoms with E-state index in [0.29, 0.717) is 18.3 Å². The predicted octanol–water partition coefficient (Wildman–Crippen LogP) is 2.83. The topological polar surface area (TPSA) is 66.4 Å². The maximum Gasteiger partial charge on any atom is 0.315 e. The van der Waals surface area contributed by atoms with Crippen molar-refractivity contribution in [1.29, 1.82) is 0 Å². The van der Waals surface area contributed by atoms with Crippen LogP contribution in [0.15, 0.2) is 30.3 Å². The predicted molar refractivity (Wildman–Crippen MR) is 90.4 cm³/mol. The molecule has 5 unspecified atom stereocenters. The van der Waals surface area contributed by atoms with E-state index in [1.165, 1.54) is 19.3 Å². The maximum absolute atomic E-state index is 12.7. The zero-order valence-electron chi connectivity index (χ0n) is 14.1. The number of carbonyl (C=O) groups excluding carboxylic acids is 1. The van der Waals surface area contributed by atoms with Crippen LogP contribution in [-0.4, -0.2) is 23.5 Å². The van der Waals surface area contributed by atoms with Gasteiger partial charge in [0.05, 0.1) is 0 Å². The Labute approximate surface area is 142 Å². The van der Waals surface area contributed by atoms with Gasteiger partial charge in [-0.2, -0.15) is 0 Å². The molecule has 3 aliphatic rings. The first kappa shape index (κ1) is 15.7. The molecule has 0 aromatic heterocycles. The molecule has 3 saturated carbocycles. The van der Waals surface area contributed by atoms with Crippen LogP contribution in [0.3, 0.4) is 0 Å². The molecule has 2 bridgehead atoms. The lowest BCUT2D eigenvalue weighted by atomic mass is 9.78. The first-order chi connectivity index (χ1) is 11.6. The summed E-state index contributed by atoms with van der Waals surface area (Å²) in [4.78, 5) is 24.7. The summed E-state index contributed by atoms with van der Waals surface area (Å²) in [5.74, 6) is 2.03. The first-order valence-corrected chi connectivity index (χ1v) is 9.15. The van der Waals surface area contributed by atoms with E-state index in [1.807, 2.05) is 37.3 Å². The fourth-order valence-corrected chi connectivity index (χ4v) is 5.57. The Kier molecular flexibility index (Phi) is 3.66. The van der Waals surface area contributed by atoms with Gasteiger partial charge >= 0.3 is 5.97 Å². The third-order valence-corrected chi connectivity index (χ3v) is 6.94. The molecule has 3 fully saturated rings. The van der Waals surface area contributed by atoms with Crippen LogP contribution in [0.5, 0.6) is 0 Å². The maximum atomic E-state index is 12.7. The molecule has 128 valence electrons. The lowest BCUT2D eigenvalue weighted by Crippen LogP contribution is -2.47. The summed E-state index contributed by atoms with van der Waals surface area (Å²) in [6, 6.07) is 9.28. The van der Waals surface area contributed by atoms with E-state index >= 15 is 0 Å². The van der Waals surface area contributed by atoms with Gasteiger partial charge in [0, 0.05) is 12.5 Å². The molecule has 4 nitrogen and oxygen atoms in total. The van der Waals surface area contributed by atoms with Gasteiger partial charge in [0.2, 0.25) is 5.91 Å². The number of carbonyl (C=O) groups is 2. The summed E-state index contributed by atoms with van der Waals surface area (Å²) in [6.07, 6.45) is 4.34. The Balaban J connectivity index is 1.46. The number of hydrogen-bond acceptors (Lipinski definition) is 2. The number of hydrogen-bond donors (Lipinski definition) is 2. The molecular weight excluding hydrogens is 302 g/mol. The zero-order valence-corrected chi connectivity index (χ0v) is 14.1. The van der Waals surface area contributed by atoms with Crippen molar-refractivity contribution in [3.63, 3.8) is 0 Å². The normalized spacial score (nSPS) is 35.1. The molecule has 0 spiro atoms. The van der Waals surface area contributed by atoms with Gasteiger partial charge in [-0.25, -0.2) is 0 Å². The molecular formula is C20H25NO3. The van der Waals surface area contributed by atoms with Crippen LogP contribution < -0.4 is 5.32 Å². The van der Waals surface area contributed by atoms with E-state index in [-0.39, 0.29) is 18.4 Å². The summed E-state index contributed by atoms with van der Waals surface area (Å²) in [7, 11) is 0. The van der Waals surface area contributed by atoms with Gasteiger partial charge in [-0.15, -0.1) is 0 Å². The smallest absolute Gasteiger partial charge is 0.315 e. The van der Waals surface area contributed by atoms with Gasteiger partial charge in [0.25, 0.3) is 0 Å². The molecule has 5 atom stereocenters. The minimum absolute atomic E-state index is 0.0802. The highest BCUT2D eigenvalue weighted by molar-refractivity contribution is 5.86. The Morgan fingerprint density at radius 3 is 2.33 bits per heavy atom. The number of rotatable bonds is 6. The lowest BCUT2D eigenvalue weighted by Gasteiger charge is -2.29. The summed E-state index contributed by atoms with van der Waals surface area (Å²) in [5, 5.41) is 12.8. The molecule has 0 heterocycles. The van der Waals surface area contributed by atoms with E-state index < -0.39 is 11.4 Å². The van der Waals surface area contributed by atoms with Gasteiger partial charge in [0.1, 0.15) is 5.41 Å². The van der Waals surface area contributed by atoms with Crippen LogP contribution in [0.4, 0.5) is 0 Å². The summed E-state index contributed by atoms with van der Waals surface area (Å²) in [6.45, 7) is 2.05. The molecule has 0 saturated heterocycles. The quantitative estimate of drug-likeness (QED) is 0.844. The highest BCUT2D eigenvalue weighted by atomic mass is 16.4. The second-order valence-corrected chi connectivity index (χ2v) is 7.84. The number of benzene rings is 1. The van der Waals surface area contributed by atoms with Crippen LogP contribution >= 0.6 is 0 Å². The van der Waals surface area contributed by atoms with E-state index in [2.05, 4.69) is 5.32 Å². The number of aliphatic carboxylic acids is 1. The highest BCUT2D eigenvalue weighted by Crippen LogP contribution is 2.69. The lowest BCUT2D eigenvalue weighted by molar-refractivity contribution is -0.144. The fourth-order valence-electron chi connectivity index (χ4n) is 5.57. The van der Waals surface area contributed by atoms with Crippen molar-refractivity contribution in [2.24, 2.45) is 29.6 Å². The standard InChI is InChI=1S/C20H25NO3/c1-2-20(19(23)24,14-6-4-3-5-7-14)11-21-18(22)17-15-12-8-9-13(10-12)16(15)17/h3-7,12-13,15-17H,2,8-11H2,1H3,(H,21,22)(H,23,24). The van der Waals surface area contributed by atoms with Gasteiger partial charge in [0.15, 0.2) is 0 Å². The summed E-state index contributed by atoms with van der Waals surface area (Å²) in [5.41, 5.74) is -0.281. The second kappa shape index (κ2) is 5.61. The number of carboxylic acids is 1. The molecule has 1 aromatic rings. The van der Waals surface area contributed by atoms with E-state index in [1.54, 1.807) is 0 Å². The molecule has 4 heteroatoms. The van der Waals surface area contributed by atoms with Crippen LogP contribution in [-0.2, 0) is 15.0 Å². The average Bonchev–Trinajstić information content (AvgIpc) is 3.04. The number of nitrogens with one attached hydrogen (secondary N) is 1. The zero-order chi connectivity index (χ0) is 16.9. The van der Waals surface area contributed by atoms with Gasteiger partial charge in [-0.05, 0) is 54.9 Å². The fraction of sp³-hybridized carbons (Fsp3) is 0.600. The van der Waals surface area contributed by atoms with Crippen molar-refractivity contribution >= 4 is 11.9 Å². The van der Waals surface area contributed by atoms with Crippen molar-refractivity contribution in [2.45, 2.75) is 38.0 Å². The van der Waals surface area contributed by atoms with Gasteiger partial charge in [-0.1, -0.05) is 37.3 Å². The molecule has 0 aliphatic heterocycles. The van der Waals surface area contributed by atoms with Crippen molar-refractivity contribution < 1.29 is 14.7 Å². The van der Waals surface area contributed by atoms with Crippen molar-refractivity contribution in [3.05, 3.63) is 35.9 Å². The minimum Gasteiger partial charge on any atom is -0.481 e. The largest absolute Gasteiger partial charge is 0.481 e. The average molecular weight is 327 g/mol. The molecule has 1 aromatic carbocycles. The third kappa shape index (κ3) is 2.19. The van der Waals surface area contributed by atoms with E-state index in [0.717, 1.165) is 17.4 Å². The summed E-state index contributed by atoms with van der Waals surface area (Å²) < 4.78 is 0. The number of amides is 1. The van der Waals surface area contributed by atoms with Crippen molar-refractivity contribution in [3.8, 4) is 0 Å². The summed E-state index contributed by atoms with van der Waals surface area (Å²) >= 11 is 0. The SMILES string of the molecule is CCC(CNC(=O)C1C2C3CCC(C3)C12)(C(=O)O)c1ccccc1. The van der Waals surface area contributed by atoms with Gasteiger partial charge < -0.3 is 10.4 Å². The highest BCUT2D eigenvalue weighted by Gasteiger charge is 2.67. The Morgan fingerprint density at radius 1 is 1.17 bits per heavy atom. The Morgan fingerprint density at radius 2 is 1.79 bits per heavy atom. The third-order valence-electron chi connectivity index (χ3n) is 6.94. The Hall–Kier alpha value is -1.84. The van der Waals surface area contributed by atoms with Crippen molar-refractivity contribution in [1.82, 2.24) is 5.32 Å². The number of carboxylic acid groups (broad SMARTS) is 1. The Bertz CT molecular complexity index is 642. The van der Waals surface area contributed by atoms with E-state index in [4.69, 9.17) is 0 Å². The van der Waals surface area contributed by atoms with Crippen LogP contribution in [0.1, 0.15) is 38.2 Å². The molecule has 2 N–H and O–H groups in total. The number of fused-ring (bicyclic) bond motifs is 5. The van der Waals surface area contributed by atoms with E-state index in [9.17, 15) is 14.7 Å². The molecule has 4 rings (SSSR count). The molecule has 1 amide bonds. The van der Waals surface area contributed by atoms with Gasteiger partial charge in [-0.3, -0.25) is 9.59 Å². The van der Waals surface area contributed by atoms with Crippen LogP contribution in [0.25, 0.3) is 0 Å². The molecule has 0 radical (unpaired) electrons. The first-order valence-electron chi connectivity index (χ1n) is 9.15. The van der Waals surface area contributed by atoms with Crippen LogP contribution in [0.2, 0.25) is 0 Å². The molecule has 3 aliphatic carbocycles. The van der Waals surface area contributed by atoms with Crippen LogP contribution in [0, 0.1) is 29.6 Å². The second-order valence-electron chi connectivity index (χ2n) is 7.84. The molecule has 24 heavy (non-hydrogen) atoms.